The van der Waals surface area contributed by atoms with Gasteiger partial charge in [0.1, 0.15) is 10.6 Å². The van der Waals surface area contributed by atoms with Crippen LogP contribution in [0, 0.1) is 0 Å². The van der Waals surface area contributed by atoms with Crippen LogP contribution in [-0.2, 0) is 32.6 Å². The number of anilines is 1. The molecule has 0 fully saturated rings. The molecule has 0 saturated carbocycles. The second-order valence-electron chi connectivity index (χ2n) is 7.19. The average Bonchev–Trinajstić information content (AvgIpc) is 3.17. The number of nitrogens with one attached hydrogen (secondary N) is 1. The summed E-state index contributed by atoms with van der Waals surface area (Å²) in [5.41, 5.74) is 2.70. The monoisotopic (exact) mass is 448 g/mol. The van der Waals surface area contributed by atoms with E-state index in [0.29, 0.717) is 18.8 Å². The Morgan fingerprint density at radius 3 is 2.68 bits per heavy atom. The lowest BCUT2D eigenvalue weighted by Crippen LogP contribution is -2.19. The highest BCUT2D eigenvalue weighted by Gasteiger charge is 2.26. The number of esters is 1. The van der Waals surface area contributed by atoms with Gasteiger partial charge in [0, 0.05) is 33.4 Å². The third kappa shape index (κ3) is 5.36. The molecular weight excluding hydrogens is 420 g/mol. The van der Waals surface area contributed by atoms with Gasteiger partial charge in [-0.15, -0.1) is 0 Å². The Balaban J connectivity index is 1.87. The zero-order valence-corrected chi connectivity index (χ0v) is 18.8. The quantitative estimate of drug-likeness (QED) is 0.441. The second kappa shape index (κ2) is 10.1. The summed E-state index contributed by atoms with van der Waals surface area (Å²) >= 11 is 0. The van der Waals surface area contributed by atoms with Gasteiger partial charge in [-0.1, -0.05) is 12.1 Å². The molecule has 0 bridgehead atoms. The van der Waals surface area contributed by atoms with E-state index in [9.17, 15) is 13.2 Å². The molecule has 0 radical (unpaired) electrons. The first-order chi connectivity index (χ1) is 14.9. The molecule has 3 rings (SSSR count). The number of hydrogen-bond acceptors (Lipinski definition) is 7. The van der Waals surface area contributed by atoms with Crippen LogP contribution in [0.3, 0.4) is 0 Å². The first-order valence-electron chi connectivity index (χ1n) is 10.1. The number of carbonyl (C=O) groups excluding carboxylic acids is 1. The van der Waals surface area contributed by atoms with E-state index >= 15 is 0 Å². The number of benzene rings is 2. The highest BCUT2D eigenvalue weighted by atomic mass is 32.2. The summed E-state index contributed by atoms with van der Waals surface area (Å²) in [6.07, 6.45) is 0.906. The standard InChI is InChI=1S/C22H28N2O6S/c1-4-30-22(25)16-9-10-20(29-3)21(13-16)31(26,27)23-19-8-5-7-17-14-24(15-18(17)19)11-6-12-28-2/h5,7-10,13,23H,4,6,11-12,14-15H2,1-3H3. The van der Waals surface area contributed by atoms with Crippen molar-refractivity contribution in [1.29, 1.82) is 0 Å². The molecule has 0 aliphatic carbocycles. The summed E-state index contributed by atoms with van der Waals surface area (Å²) in [7, 11) is -0.945. The van der Waals surface area contributed by atoms with Crippen molar-refractivity contribution in [3.63, 3.8) is 0 Å². The number of sulfonamides is 1. The van der Waals surface area contributed by atoms with E-state index in [4.69, 9.17) is 14.2 Å². The molecule has 1 heterocycles. The van der Waals surface area contributed by atoms with Gasteiger partial charge < -0.3 is 14.2 Å². The van der Waals surface area contributed by atoms with Crippen molar-refractivity contribution in [1.82, 2.24) is 4.90 Å². The van der Waals surface area contributed by atoms with Crippen molar-refractivity contribution in [2.75, 3.05) is 38.7 Å². The predicted molar refractivity (Wildman–Crippen MR) is 117 cm³/mol. The normalized spacial score (nSPS) is 13.6. The lowest BCUT2D eigenvalue weighted by atomic mass is 10.1. The fraction of sp³-hybridized carbons (Fsp3) is 0.409. The maximum Gasteiger partial charge on any atom is 0.338 e. The molecule has 0 aromatic heterocycles. The Labute approximate surface area is 183 Å². The Bertz CT molecular complexity index is 1040. The maximum absolute atomic E-state index is 13.2. The zero-order chi connectivity index (χ0) is 22.4. The summed E-state index contributed by atoms with van der Waals surface area (Å²) in [5.74, 6) is -0.441. The summed E-state index contributed by atoms with van der Waals surface area (Å²) in [5, 5.41) is 0. The molecule has 0 spiro atoms. The Morgan fingerprint density at radius 1 is 1.16 bits per heavy atom. The number of ether oxygens (including phenoxy) is 3. The minimum absolute atomic E-state index is 0.117. The van der Waals surface area contributed by atoms with Gasteiger partial charge in [-0.25, -0.2) is 13.2 Å². The molecule has 1 N–H and O–H groups in total. The van der Waals surface area contributed by atoms with Crippen LogP contribution in [0.4, 0.5) is 5.69 Å². The largest absolute Gasteiger partial charge is 0.495 e. The van der Waals surface area contributed by atoms with Gasteiger partial charge in [0.2, 0.25) is 0 Å². The first kappa shape index (κ1) is 23.1. The fourth-order valence-corrected chi connectivity index (χ4v) is 4.89. The van der Waals surface area contributed by atoms with Crippen LogP contribution >= 0.6 is 0 Å². The second-order valence-corrected chi connectivity index (χ2v) is 8.84. The number of hydrogen-bond donors (Lipinski definition) is 1. The minimum Gasteiger partial charge on any atom is -0.495 e. The maximum atomic E-state index is 13.2. The van der Waals surface area contributed by atoms with Gasteiger partial charge in [0.25, 0.3) is 10.0 Å². The van der Waals surface area contributed by atoms with Gasteiger partial charge in [0.05, 0.1) is 25.0 Å². The van der Waals surface area contributed by atoms with Crippen molar-refractivity contribution in [2.24, 2.45) is 0 Å². The van der Waals surface area contributed by atoms with E-state index in [1.807, 2.05) is 12.1 Å². The zero-order valence-electron chi connectivity index (χ0n) is 18.0. The Kier molecular flexibility index (Phi) is 7.53. The summed E-state index contributed by atoms with van der Waals surface area (Å²) in [6.45, 7) is 4.85. The van der Waals surface area contributed by atoms with E-state index in [-0.39, 0.29) is 22.8 Å². The van der Waals surface area contributed by atoms with Crippen molar-refractivity contribution < 1.29 is 27.4 Å². The van der Waals surface area contributed by atoms with E-state index < -0.39 is 16.0 Å². The Morgan fingerprint density at radius 2 is 1.97 bits per heavy atom. The van der Waals surface area contributed by atoms with E-state index in [1.54, 1.807) is 20.1 Å². The number of fused-ring (bicyclic) bond motifs is 1. The van der Waals surface area contributed by atoms with Crippen LogP contribution in [0.1, 0.15) is 34.8 Å². The minimum atomic E-state index is -4.01. The Hall–Kier alpha value is -2.62. The summed E-state index contributed by atoms with van der Waals surface area (Å²) in [6, 6.07) is 9.80. The summed E-state index contributed by atoms with van der Waals surface area (Å²) < 4.78 is 44.5. The SMILES string of the molecule is CCOC(=O)c1ccc(OC)c(S(=O)(=O)Nc2cccc3c2CN(CCCOC)C3)c1. The third-order valence-corrected chi connectivity index (χ3v) is 6.47. The third-order valence-electron chi connectivity index (χ3n) is 5.08. The highest BCUT2D eigenvalue weighted by molar-refractivity contribution is 7.92. The molecule has 2 aromatic carbocycles. The van der Waals surface area contributed by atoms with Crippen molar-refractivity contribution >= 4 is 21.7 Å². The van der Waals surface area contributed by atoms with E-state index in [0.717, 1.165) is 30.6 Å². The van der Waals surface area contributed by atoms with Crippen LogP contribution < -0.4 is 9.46 Å². The van der Waals surface area contributed by atoms with Gasteiger partial charge in [-0.05, 0) is 48.7 Å². The number of methoxy groups -OCH3 is 2. The molecule has 8 nitrogen and oxygen atoms in total. The number of rotatable bonds is 10. The van der Waals surface area contributed by atoms with Crippen LogP contribution in [0.25, 0.3) is 0 Å². The molecule has 0 unspecified atom stereocenters. The van der Waals surface area contributed by atoms with Crippen LogP contribution in [0.5, 0.6) is 5.75 Å². The highest BCUT2D eigenvalue weighted by Crippen LogP contribution is 2.33. The molecule has 1 aliphatic heterocycles. The summed E-state index contributed by atoms with van der Waals surface area (Å²) in [4.78, 5) is 14.2. The lowest BCUT2D eigenvalue weighted by Gasteiger charge is -2.16. The first-order valence-corrected chi connectivity index (χ1v) is 11.6. The molecule has 0 saturated heterocycles. The molecule has 2 aromatic rings. The van der Waals surface area contributed by atoms with Gasteiger partial charge >= 0.3 is 5.97 Å². The predicted octanol–water partition coefficient (Wildman–Crippen LogP) is 3.02. The van der Waals surface area contributed by atoms with E-state index in [2.05, 4.69) is 9.62 Å². The van der Waals surface area contributed by atoms with Gasteiger partial charge in [-0.2, -0.15) is 0 Å². The van der Waals surface area contributed by atoms with Crippen LogP contribution in [0.2, 0.25) is 0 Å². The number of carbonyl (C=O) groups is 1. The number of nitrogens with zero attached hydrogens (tertiary/aromatic N) is 1. The molecule has 0 amide bonds. The van der Waals surface area contributed by atoms with Crippen molar-refractivity contribution in [2.45, 2.75) is 31.3 Å². The van der Waals surface area contributed by atoms with Gasteiger partial charge in [0.15, 0.2) is 0 Å². The lowest BCUT2D eigenvalue weighted by molar-refractivity contribution is 0.0526. The van der Waals surface area contributed by atoms with Crippen LogP contribution in [0.15, 0.2) is 41.3 Å². The van der Waals surface area contributed by atoms with Crippen LogP contribution in [-0.4, -0.2) is 53.3 Å². The average molecular weight is 449 g/mol. The molecule has 168 valence electrons. The van der Waals surface area contributed by atoms with E-state index in [1.165, 1.54) is 25.3 Å². The molecule has 9 heteroatoms. The van der Waals surface area contributed by atoms with Gasteiger partial charge in [-0.3, -0.25) is 9.62 Å². The topological polar surface area (TPSA) is 94.2 Å². The smallest absolute Gasteiger partial charge is 0.338 e. The molecular formula is C22H28N2O6S. The van der Waals surface area contributed by atoms with Crippen molar-refractivity contribution in [3.8, 4) is 5.75 Å². The van der Waals surface area contributed by atoms with Crippen molar-refractivity contribution in [3.05, 3.63) is 53.1 Å². The fourth-order valence-electron chi connectivity index (χ4n) is 3.60. The molecule has 0 atom stereocenters. The molecule has 1 aliphatic rings. The molecule has 31 heavy (non-hydrogen) atoms.